The van der Waals surface area contributed by atoms with E-state index >= 15 is 0 Å². The van der Waals surface area contributed by atoms with Crippen molar-refractivity contribution < 1.29 is 83.0 Å². The summed E-state index contributed by atoms with van der Waals surface area (Å²) in [5.74, 6) is -6.94. The minimum Gasteiger partial charge on any atom is -0.480 e. The third-order valence-corrected chi connectivity index (χ3v) is 9.58. The monoisotopic (exact) mass is 905 g/mol. The molecule has 0 aromatic carbocycles. The highest BCUT2D eigenvalue weighted by Gasteiger charge is 2.46. The van der Waals surface area contributed by atoms with Crippen LogP contribution in [-0.4, -0.2) is 193 Å². The lowest BCUT2D eigenvalue weighted by molar-refractivity contribution is -0.160. The number of nitrogens with two attached hydrogens (primary N) is 4. The second kappa shape index (κ2) is 27.7. The smallest absolute Gasteiger partial charge is 0.370 e. The molecule has 2 rings (SSSR count). The van der Waals surface area contributed by atoms with Crippen molar-refractivity contribution in [2.24, 2.45) is 44.8 Å². The molecule has 2 aliphatic heterocycles. The number of hydrogen-bond acceptors (Lipinski definition) is 17. The molecule has 17 N–H and O–H groups in total. The van der Waals surface area contributed by atoms with Crippen LogP contribution in [0.1, 0.15) is 33.6 Å². The second-order valence-electron chi connectivity index (χ2n) is 14.7. The average molecular weight is 906 g/mol. The SMILES string of the molecule is CC(=O)N[C@H]1[C@H]([C@H](OCC(=O)NCCOCCC(C)CCOCCNC(=O)CO[C@@H]([C@@H]2OC(C(=O)O)=C[C@H](N=C(N)N)[C@H]2C)[C@H](O)CO)[C@H](O)CO)OC(C(=O)O)=C[C@@H]1N=C(N)N. The zero-order valence-corrected chi connectivity index (χ0v) is 35.4. The van der Waals surface area contributed by atoms with Gasteiger partial charge in [0.25, 0.3) is 0 Å². The Morgan fingerprint density at radius 1 is 0.730 bits per heavy atom. The molecule has 1 unspecified atom stereocenters. The van der Waals surface area contributed by atoms with Gasteiger partial charge in [0.1, 0.15) is 43.7 Å². The highest BCUT2D eigenvalue weighted by Crippen LogP contribution is 2.31. The van der Waals surface area contributed by atoms with Gasteiger partial charge in [-0.2, -0.15) is 0 Å². The summed E-state index contributed by atoms with van der Waals surface area (Å²) in [6, 6.07) is -3.17. The minimum absolute atomic E-state index is 0.0929. The maximum absolute atomic E-state index is 12.6. The lowest BCUT2D eigenvalue weighted by Crippen LogP contribution is -2.60. The van der Waals surface area contributed by atoms with Crippen molar-refractivity contribution in [1.29, 1.82) is 0 Å². The van der Waals surface area contributed by atoms with Crippen molar-refractivity contribution >= 4 is 41.6 Å². The normalized spacial score (nSPS) is 23.1. The van der Waals surface area contributed by atoms with Crippen molar-refractivity contribution in [3.05, 3.63) is 23.7 Å². The van der Waals surface area contributed by atoms with Gasteiger partial charge in [-0.15, -0.1) is 0 Å². The van der Waals surface area contributed by atoms with Crippen LogP contribution in [0, 0.1) is 11.8 Å². The average Bonchev–Trinajstić information content (AvgIpc) is 3.21. The van der Waals surface area contributed by atoms with Gasteiger partial charge in [-0.05, 0) is 30.9 Å². The number of carbonyl (C=O) groups excluding carboxylic acids is 3. The fourth-order valence-electron chi connectivity index (χ4n) is 6.35. The topological polar surface area (TPSA) is 427 Å². The van der Waals surface area contributed by atoms with E-state index in [1.165, 1.54) is 13.0 Å². The number of guanidine groups is 2. The standard InChI is InChI=1S/C37H63N9O17/c1-18(4-8-58-10-6-42-27(52)16-60-31(23(50)14-47)30-19(2)21(45-36(38)39)12-25(62-30)34(54)55)5-9-59-11-7-43-28(53)17-61-32(24(51)15-48)33-29(44-20(3)49)22(46-37(40)41)13-26(63-33)35(56)57/h12-13,18-19,21-24,29-33,47-48,50-51H,4-11,14-17H2,1-3H3,(H,42,52)(H,43,53)(H,44,49)(H,54,55)(H,56,57)(H4,38,39,45)(H4,40,41,46)/t18?,19-,21+,22+,23-,24-,29-,30-,31-,32-,33-/m1/s1. The number of aliphatic hydroxyl groups excluding tert-OH is 4. The summed E-state index contributed by atoms with van der Waals surface area (Å²) in [5, 5.41) is 67.1. The van der Waals surface area contributed by atoms with E-state index in [-0.39, 0.29) is 38.2 Å². The molecule has 63 heavy (non-hydrogen) atoms. The molecule has 0 spiro atoms. The number of carboxylic acids is 2. The molecule has 0 radical (unpaired) electrons. The first-order chi connectivity index (χ1) is 29.8. The quantitative estimate of drug-likeness (QED) is 0.0189. The molecular weight excluding hydrogens is 842 g/mol. The highest BCUT2D eigenvalue weighted by atomic mass is 16.6. The Kier molecular flexibility index (Phi) is 23.6. The van der Waals surface area contributed by atoms with Gasteiger partial charge in [0.15, 0.2) is 18.0 Å². The van der Waals surface area contributed by atoms with Crippen LogP contribution in [0.3, 0.4) is 0 Å². The number of carbonyl (C=O) groups is 5. The van der Waals surface area contributed by atoms with Crippen LogP contribution in [0.25, 0.3) is 0 Å². The Labute approximate surface area is 363 Å². The fourth-order valence-corrected chi connectivity index (χ4v) is 6.35. The zero-order valence-electron chi connectivity index (χ0n) is 35.4. The summed E-state index contributed by atoms with van der Waals surface area (Å²) < 4.78 is 33.5. The molecule has 11 atom stereocenters. The number of aliphatic carboxylic acids is 2. The molecule has 0 aromatic heterocycles. The van der Waals surface area contributed by atoms with E-state index in [9.17, 15) is 54.6 Å². The van der Waals surface area contributed by atoms with Crippen LogP contribution >= 0.6 is 0 Å². The lowest BCUT2D eigenvalue weighted by atomic mass is 9.87. The summed E-state index contributed by atoms with van der Waals surface area (Å²) in [7, 11) is 0. The molecule has 26 heteroatoms. The minimum atomic E-state index is -1.68. The fraction of sp³-hybridized carbons (Fsp3) is 0.703. The summed E-state index contributed by atoms with van der Waals surface area (Å²) in [5.41, 5.74) is 22.0. The van der Waals surface area contributed by atoms with E-state index < -0.39 is 134 Å². The first-order valence-electron chi connectivity index (χ1n) is 20.0. The first kappa shape index (κ1) is 53.8. The lowest BCUT2D eigenvalue weighted by Gasteiger charge is -2.40. The van der Waals surface area contributed by atoms with Gasteiger partial charge in [-0.25, -0.2) is 19.6 Å². The summed E-state index contributed by atoms with van der Waals surface area (Å²) in [6.45, 7) is 3.28. The predicted molar refractivity (Wildman–Crippen MR) is 219 cm³/mol. The van der Waals surface area contributed by atoms with Gasteiger partial charge in [0, 0.05) is 39.1 Å². The number of aliphatic hydroxyl groups is 4. The van der Waals surface area contributed by atoms with Gasteiger partial charge in [0.05, 0.1) is 44.6 Å². The largest absolute Gasteiger partial charge is 0.480 e. The van der Waals surface area contributed by atoms with E-state index in [0.717, 1.165) is 6.08 Å². The van der Waals surface area contributed by atoms with Gasteiger partial charge in [-0.3, -0.25) is 14.4 Å². The van der Waals surface area contributed by atoms with Gasteiger partial charge < -0.3 is 97.9 Å². The Hall–Kier alpha value is -5.35. The molecule has 0 aliphatic carbocycles. The maximum atomic E-state index is 12.6. The third kappa shape index (κ3) is 18.9. The molecule has 0 aromatic rings. The van der Waals surface area contributed by atoms with Crippen molar-refractivity contribution in [2.75, 3.05) is 65.9 Å². The Bertz CT molecular complexity index is 1620. The van der Waals surface area contributed by atoms with Crippen molar-refractivity contribution in [3.63, 3.8) is 0 Å². The van der Waals surface area contributed by atoms with Gasteiger partial charge in [0.2, 0.25) is 29.2 Å². The highest BCUT2D eigenvalue weighted by molar-refractivity contribution is 5.86. The van der Waals surface area contributed by atoms with Crippen molar-refractivity contribution in [1.82, 2.24) is 16.0 Å². The van der Waals surface area contributed by atoms with Crippen molar-refractivity contribution in [3.8, 4) is 0 Å². The number of ether oxygens (including phenoxy) is 6. The number of rotatable bonds is 29. The third-order valence-electron chi connectivity index (χ3n) is 9.58. The van der Waals surface area contributed by atoms with Crippen molar-refractivity contribution in [2.45, 2.75) is 88.4 Å². The summed E-state index contributed by atoms with van der Waals surface area (Å²) in [6.07, 6.45) is -5.04. The number of aliphatic imine (C=N–C) groups is 2. The van der Waals surface area contributed by atoms with Crippen LogP contribution < -0.4 is 38.9 Å². The van der Waals surface area contributed by atoms with E-state index in [1.54, 1.807) is 6.92 Å². The molecule has 2 aliphatic rings. The molecule has 0 bridgehead atoms. The number of nitrogens with zero attached hydrogens (tertiary/aromatic N) is 2. The first-order valence-corrected chi connectivity index (χ1v) is 20.0. The Morgan fingerprint density at radius 3 is 1.59 bits per heavy atom. The van der Waals surface area contributed by atoms with E-state index in [1.807, 2.05) is 6.92 Å². The summed E-state index contributed by atoms with van der Waals surface area (Å²) >= 11 is 0. The van der Waals surface area contributed by atoms with E-state index in [4.69, 9.17) is 51.4 Å². The molecule has 3 amide bonds. The van der Waals surface area contributed by atoms with Gasteiger partial charge in [-0.1, -0.05) is 13.8 Å². The Morgan fingerprint density at radius 2 is 1.16 bits per heavy atom. The number of carboxylic acid groups (broad SMARTS) is 2. The summed E-state index contributed by atoms with van der Waals surface area (Å²) in [4.78, 5) is 68.5. The molecule has 0 saturated carbocycles. The second-order valence-corrected chi connectivity index (χ2v) is 14.7. The van der Waals surface area contributed by atoms with Crippen LogP contribution in [0.2, 0.25) is 0 Å². The maximum Gasteiger partial charge on any atom is 0.370 e. The molecule has 358 valence electrons. The number of amides is 3. The molecule has 26 nitrogen and oxygen atoms in total. The Balaban J connectivity index is 1.70. The molecule has 0 saturated heterocycles. The van der Waals surface area contributed by atoms with Crippen LogP contribution in [0.5, 0.6) is 0 Å². The molecular formula is C37H63N9O17. The van der Waals surface area contributed by atoms with Gasteiger partial charge >= 0.3 is 11.9 Å². The van der Waals surface area contributed by atoms with Crippen LogP contribution in [-0.2, 0) is 52.4 Å². The molecule has 2 heterocycles. The van der Waals surface area contributed by atoms with E-state index in [0.29, 0.717) is 26.1 Å². The molecule has 0 fully saturated rings. The van der Waals surface area contributed by atoms with Crippen LogP contribution in [0.15, 0.2) is 33.7 Å². The number of hydrogen-bond donors (Lipinski definition) is 13. The van der Waals surface area contributed by atoms with E-state index in [2.05, 4.69) is 25.9 Å². The predicted octanol–water partition coefficient (Wildman–Crippen LogP) is -5.70. The number of nitrogens with one attached hydrogen (secondary N) is 3. The zero-order chi connectivity index (χ0) is 47.2. The van der Waals surface area contributed by atoms with Crippen LogP contribution in [0.4, 0.5) is 0 Å².